The minimum atomic E-state index is -0.347. The summed E-state index contributed by atoms with van der Waals surface area (Å²) < 4.78 is 0. The number of nitrogens with one attached hydrogen (secondary N) is 1. The quantitative estimate of drug-likeness (QED) is 0.679. The number of aromatic nitrogens is 1. The van der Waals surface area contributed by atoms with Gasteiger partial charge in [0.1, 0.15) is 0 Å². The van der Waals surface area contributed by atoms with E-state index in [-0.39, 0.29) is 29.1 Å². The first-order valence-electron chi connectivity index (χ1n) is 7.74. The van der Waals surface area contributed by atoms with Crippen LogP contribution in [0.25, 0.3) is 0 Å². The van der Waals surface area contributed by atoms with E-state index in [1.165, 1.54) is 5.56 Å². The van der Waals surface area contributed by atoms with Crippen LogP contribution in [0.5, 0.6) is 0 Å². The van der Waals surface area contributed by atoms with Crippen molar-refractivity contribution in [3.05, 3.63) is 69.5 Å². The monoisotopic (exact) mass is 348 g/mol. The highest BCUT2D eigenvalue weighted by Gasteiger charge is 2.24. The molecule has 24 heavy (non-hydrogen) atoms. The van der Waals surface area contributed by atoms with Crippen molar-refractivity contribution in [3.8, 4) is 0 Å². The third-order valence-corrected chi connectivity index (χ3v) is 4.33. The summed E-state index contributed by atoms with van der Waals surface area (Å²) in [7, 11) is 0. The fourth-order valence-corrected chi connectivity index (χ4v) is 3.03. The number of nitrogens with zero attached hydrogens (tertiary/aromatic N) is 3. The Kier molecular flexibility index (Phi) is 6.25. The van der Waals surface area contributed by atoms with E-state index in [1.54, 1.807) is 18.3 Å². The molecule has 1 unspecified atom stereocenters. The van der Waals surface area contributed by atoms with Crippen LogP contribution in [0.15, 0.2) is 42.7 Å². The van der Waals surface area contributed by atoms with E-state index in [0.29, 0.717) is 0 Å². The van der Waals surface area contributed by atoms with Gasteiger partial charge in [0.25, 0.3) is 5.69 Å². The molecule has 7 heteroatoms. The van der Waals surface area contributed by atoms with E-state index < -0.39 is 0 Å². The molecule has 1 N–H and O–H groups in total. The second-order valence-corrected chi connectivity index (χ2v) is 5.84. The number of pyridine rings is 1. The highest BCUT2D eigenvalue weighted by molar-refractivity contribution is 5.85. The summed E-state index contributed by atoms with van der Waals surface area (Å²) >= 11 is 0. The number of benzene rings is 1. The molecular formula is C17H21ClN4O2. The zero-order valence-electron chi connectivity index (χ0n) is 13.5. The Balaban J connectivity index is 0.00000208. The van der Waals surface area contributed by atoms with Crippen molar-refractivity contribution in [2.24, 2.45) is 0 Å². The molecule has 1 atom stereocenters. The number of nitro groups is 1. The first kappa shape index (κ1) is 18.3. The van der Waals surface area contributed by atoms with Gasteiger partial charge in [-0.1, -0.05) is 12.1 Å². The first-order chi connectivity index (χ1) is 11.1. The van der Waals surface area contributed by atoms with Crippen LogP contribution in [0, 0.1) is 17.0 Å². The van der Waals surface area contributed by atoms with Crippen LogP contribution in [-0.2, 0) is 6.54 Å². The van der Waals surface area contributed by atoms with Gasteiger partial charge in [0.05, 0.1) is 4.92 Å². The van der Waals surface area contributed by atoms with Crippen LogP contribution in [0.1, 0.15) is 22.7 Å². The fourth-order valence-electron chi connectivity index (χ4n) is 3.03. The smallest absolute Gasteiger partial charge is 0.269 e. The van der Waals surface area contributed by atoms with Gasteiger partial charge >= 0.3 is 0 Å². The standard InChI is InChI=1S/C17H20N4O2.ClH/c1-13-9-16(21(22)23)5-4-15(13)12-20-8-7-19-11-17(20)14-3-2-6-18-10-14;/h2-6,9-10,17,19H,7-8,11-12H2,1H3;1H. The van der Waals surface area contributed by atoms with E-state index in [0.717, 1.165) is 37.3 Å². The molecule has 1 aliphatic rings. The second-order valence-electron chi connectivity index (χ2n) is 5.84. The first-order valence-corrected chi connectivity index (χ1v) is 7.74. The van der Waals surface area contributed by atoms with E-state index in [2.05, 4.69) is 21.3 Å². The van der Waals surface area contributed by atoms with Crippen molar-refractivity contribution in [2.45, 2.75) is 19.5 Å². The Bertz CT molecular complexity index is 696. The molecule has 2 aromatic rings. The number of halogens is 1. The van der Waals surface area contributed by atoms with E-state index in [4.69, 9.17) is 0 Å². The minimum absolute atomic E-state index is 0. The summed E-state index contributed by atoms with van der Waals surface area (Å²) in [5.41, 5.74) is 3.43. The van der Waals surface area contributed by atoms with Gasteiger partial charge in [0.15, 0.2) is 0 Å². The minimum Gasteiger partial charge on any atom is -0.314 e. The zero-order valence-corrected chi connectivity index (χ0v) is 14.3. The SMILES string of the molecule is Cc1cc([N+](=O)[O-])ccc1CN1CCNCC1c1cccnc1.Cl. The van der Waals surface area contributed by atoms with Crippen molar-refractivity contribution in [2.75, 3.05) is 19.6 Å². The number of nitro benzene ring substituents is 1. The number of non-ortho nitro benzene ring substituents is 1. The average molecular weight is 349 g/mol. The topological polar surface area (TPSA) is 71.3 Å². The lowest BCUT2D eigenvalue weighted by Gasteiger charge is -2.36. The van der Waals surface area contributed by atoms with Crippen LogP contribution < -0.4 is 5.32 Å². The highest BCUT2D eigenvalue weighted by atomic mass is 35.5. The summed E-state index contributed by atoms with van der Waals surface area (Å²) in [5.74, 6) is 0. The van der Waals surface area contributed by atoms with Crippen LogP contribution >= 0.6 is 12.4 Å². The second kappa shape index (κ2) is 8.19. The number of piperazine rings is 1. The molecular weight excluding hydrogens is 328 g/mol. The molecule has 0 aliphatic carbocycles. The Morgan fingerprint density at radius 2 is 2.25 bits per heavy atom. The Morgan fingerprint density at radius 1 is 1.42 bits per heavy atom. The van der Waals surface area contributed by atoms with Gasteiger partial charge in [0, 0.05) is 56.7 Å². The van der Waals surface area contributed by atoms with Gasteiger partial charge in [-0.2, -0.15) is 0 Å². The summed E-state index contributed by atoms with van der Waals surface area (Å²) in [6.07, 6.45) is 3.69. The van der Waals surface area contributed by atoms with Crippen LogP contribution in [0.4, 0.5) is 5.69 Å². The third kappa shape index (κ3) is 4.08. The predicted molar refractivity (Wildman–Crippen MR) is 95.3 cm³/mol. The van der Waals surface area contributed by atoms with Gasteiger partial charge in [-0.3, -0.25) is 20.0 Å². The van der Waals surface area contributed by atoms with Gasteiger partial charge in [-0.15, -0.1) is 12.4 Å². The molecule has 0 saturated carbocycles. The summed E-state index contributed by atoms with van der Waals surface area (Å²) in [4.78, 5) is 17.1. The molecule has 0 bridgehead atoms. The molecule has 2 heterocycles. The maximum atomic E-state index is 10.9. The summed E-state index contributed by atoms with van der Waals surface area (Å²) in [5, 5.41) is 14.3. The van der Waals surface area contributed by atoms with Gasteiger partial charge in [0.2, 0.25) is 0 Å². The lowest BCUT2D eigenvalue weighted by atomic mass is 10.0. The van der Waals surface area contributed by atoms with Crippen LogP contribution in [0.3, 0.4) is 0 Å². The third-order valence-electron chi connectivity index (χ3n) is 4.33. The molecule has 0 radical (unpaired) electrons. The fraction of sp³-hybridized carbons (Fsp3) is 0.353. The molecule has 1 saturated heterocycles. The van der Waals surface area contributed by atoms with E-state index in [9.17, 15) is 10.1 Å². The Hall–Kier alpha value is -2.02. The van der Waals surface area contributed by atoms with Crippen molar-refractivity contribution in [3.63, 3.8) is 0 Å². The molecule has 6 nitrogen and oxygen atoms in total. The van der Waals surface area contributed by atoms with Crippen molar-refractivity contribution in [1.82, 2.24) is 15.2 Å². The number of rotatable bonds is 4. The van der Waals surface area contributed by atoms with Gasteiger partial charge < -0.3 is 5.32 Å². The van der Waals surface area contributed by atoms with Crippen molar-refractivity contribution < 1.29 is 4.92 Å². The Labute approximate surface area is 147 Å². The molecule has 1 aromatic carbocycles. The summed E-state index contributed by atoms with van der Waals surface area (Å²) in [6.45, 7) is 5.49. The average Bonchev–Trinajstić information content (AvgIpc) is 2.58. The van der Waals surface area contributed by atoms with E-state index >= 15 is 0 Å². The highest BCUT2D eigenvalue weighted by Crippen LogP contribution is 2.25. The molecule has 1 fully saturated rings. The molecule has 0 amide bonds. The molecule has 128 valence electrons. The lowest BCUT2D eigenvalue weighted by molar-refractivity contribution is -0.384. The maximum Gasteiger partial charge on any atom is 0.269 e. The molecule has 1 aliphatic heterocycles. The molecule has 3 rings (SSSR count). The predicted octanol–water partition coefficient (Wildman–Crippen LogP) is 2.87. The van der Waals surface area contributed by atoms with Gasteiger partial charge in [-0.05, 0) is 29.7 Å². The number of hydrogen-bond acceptors (Lipinski definition) is 5. The number of hydrogen-bond donors (Lipinski definition) is 1. The van der Waals surface area contributed by atoms with Crippen molar-refractivity contribution in [1.29, 1.82) is 0 Å². The lowest BCUT2D eigenvalue weighted by Crippen LogP contribution is -2.45. The van der Waals surface area contributed by atoms with Gasteiger partial charge in [-0.25, -0.2) is 0 Å². The molecule has 1 aromatic heterocycles. The van der Waals surface area contributed by atoms with Crippen LogP contribution in [0.2, 0.25) is 0 Å². The number of aryl methyl sites for hydroxylation is 1. The molecule has 0 spiro atoms. The zero-order chi connectivity index (χ0) is 16.2. The van der Waals surface area contributed by atoms with Crippen LogP contribution in [-0.4, -0.2) is 34.4 Å². The van der Waals surface area contributed by atoms with Crippen molar-refractivity contribution >= 4 is 18.1 Å². The Morgan fingerprint density at radius 3 is 2.92 bits per heavy atom. The largest absolute Gasteiger partial charge is 0.314 e. The maximum absolute atomic E-state index is 10.9. The normalized spacial score (nSPS) is 18.0. The van der Waals surface area contributed by atoms with E-state index in [1.807, 2.05) is 25.3 Å². The summed E-state index contributed by atoms with van der Waals surface area (Å²) in [6, 6.07) is 9.43.